The van der Waals surface area contributed by atoms with Gasteiger partial charge in [0, 0.05) is 24.2 Å². The first kappa shape index (κ1) is 35.2. The summed E-state index contributed by atoms with van der Waals surface area (Å²) >= 11 is 0. The van der Waals surface area contributed by atoms with E-state index in [0.29, 0.717) is 22.6 Å². The molecule has 0 heterocycles. The molecule has 1 N–H and O–H groups in total. The van der Waals surface area contributed by atoms with E-state index in [-0.39, 0.29) is 41.2 Å². The van der Waals surface area contributed by atoms with E-state index < -0.39 is 33.4 Å². The number of sulfonamides is 1. The summed E-state index contributed by atoms with van der Waals surface area (Å²) in [5.41, 5.74) is 0.760. The van der Waals surface area contributed by atoms with E-state index >= 15 is 0 Å². The molecule has 1 aliphatic carbocycles. The fraction of sp³-hybridized carbons (Fsp3) is 0.412. The first-order valence-corrected chi connectivity index (χ1v) is 17.1. The number of nitrogens with zero attached hydrogens (tertiary/aromatic N) is 3. The number of methoxy groups -OCH3 is 2. The van der Waals surface area contributed by atoms with E-state index in [0.717, 1.165) is 42.5 Å². The first-order valence-electron chi connectivity index (χ1n) is 15.6. The standard InChI is InChI=1S/C34H42N4O8S/c1-5-31(34(40)35-26-11-7-6-8-12-26)36(22-25-10-9-13-29(20-25)46-4)33(39)23-37(27-15-17-28(45-3)18-16-27)47(43,44)30-19-14-24(2)32(21-30)38(41)42/h9-10,13-21,26,31H,5-8,11-12,22-23H2,1-4H3,(H,35,40)/t31-/m1/s1. The zero-order valence-corrected chi connectivity index (χ0v) is 28.0. The molecule has 1 aliphatic rings. The number of anilines is 1. The van der Waals surface area contributed by atoms with Crippen LogP contribution in [-0.2, 0) is 26.2 Å². The zero-order valence-electron chi connectivity index (χ0n) is 27.2. The zero-order chi connectivity index (χ0) is 34.1. The molecule has 0 spiro atoms. The van der Waals surface area contributed by atoms with Crippen LogP contribution in [0.3, 0.4) is 0 Å². The van der Waals surface area contributed by atoms with Gasteiger partial charge in [0.2, 0.25) is 11.8 Å². The monoisotopic (exact) mass is 666 g/mol. The van der Waals surface area contributed by atoms with Crippen molar-refractivity contribution >= 4 is 33.2 Å². The van der Waals surface area contributed by atoms with Crippen molar-refractivity contribution in [2.45, 2.75) is 75.9 Å². The molecular formula is C34H42N4O8S. The minimum absolute atomic E-state index is 0.00701. The van der Waals surface area contributed by atoms with Gasteiger partial charge in [-0.05, 0) is 74.2 Å². The third kappa shape index (κ3) is 8.59. The summed E-state index contributed by atoms with van der Waals surface area (Å²) in [5, 5.41) is 14.8. The summed E-state index contributed by atoms with van der Waals surface area (Å²) < 4.78 is 40.0. The molecule has 0 aliphatic heterocycles. The van der Waals surface area contributed by atoms with Crippen LogP contribution in [0.2, 0.25) is 0 Å². The molecule has 1 fully saturated rings. The maximum absolute atomic E-state index is 14.4. The van der Waals surface area contributed by atoms with E-state index in [1.807, 2.05) is 0 Å². The van der Waals surface area contributed by atoms with Gasteiger partial charge in [0.25, 0.3) is 15.7 Å². The number of ether oxygens (including phenoxy) is 2. The summed E-state index contributed by atoms with van der Waals surface area (Å²) in [6, 6.07) is 15.9. The van der Waals surface area contributed by atoms with Gasteiger partial charge in [-0.3, -0.25) is 24.0 Å². The van der Waals surface area contributed by atoms with Crippen molar-refractivity contribution in [3.8, 4) is 11.5 Å². The topological polar surface area (TPSA) is 148 Å². The van der Waals surface area contributed by atoms with Gasteiger partial charge in [0.05, 0.1) is 29.7 Å². The van der Waals surface area contributed by atoms with Gasteiger partial charge in [0.1, 0.15) is 24.1 Å². The first-order chi connectivity index (χ1) is 22.5. The average Bonchev–Trinajstić information content (AvgIpc) is 3.07. The molecule has 0 aromatic heterocycles. The summed E-state index contributed by atoms with van der Waals surface area (Å²) in [6.45, 7) is 2.66. The van der Waals surface area contributed by atoms with Crippen molar-refractivity contribution in [2.24, 2.45) is 0 Å². The van der Waals surface area contributed by atoms with Crippen LogP contribution in [0.5, 0.6) is 11.5 Å². The third-order valence-electron chi connectivity index (χ3n) is 8.43. The molecule has 47 heavy (non-hydrogen) atoms. The Labute approximate surface area is 275 Å². The van der Waals surface area contributed by atoms with Crippen LogP contribution in [0.15, 0.2) is 71.6 Å². The highest BCUT2D eigenvalue weighted by atomic mass is 32.2. The Morgan fingerprint density at radius 3 is 2.28 bits per heavy atom. The highest BCUT2D eigenvalue weighted by Crippen LogP contribution is 2.30. The maximum Gasteiger partial charge on any atom is 0.273 e. The van der Waals surface area contributed by atoms with Gasteiger partial charge in [-0.15, -0.1) is 0 Å². The predicted octanol–water partition coefficient (Wildman–Crippen LogP) is 5.37. The number of aryl methyl sites for hydroxylation is 1. The Bertz CT molecular complexity index is 1670. The Morgan fingerprint density at radius 2 is 1.66 bits per heavy atom. The molecule has 0 bridgehead atoms. The second-order valence-electron chi connectivity index (χ2n) is 11.6. The molecule has 0 radical (unpaired) electrons. The second kappa shape index (κ2) is 15.8. The minimum Gasteiger partial charge on any atom is -0.497 e. The highest BCUT2D eigenvalue weighted by molar-refractivity contribution is 7.92. The minimum atomic E-state index is -4.51. The molecule has 0 saturated heterocycles. The largest absolute Gasteiger partial charge is 0.497 e. The highest BCUT2D eigenvalue weighted by Gasteiger charge is 2.35. The fourth-order valence-electron chi connectivity index (χ4n) is 5.78. The van der Waals surface area contributed by atoms with Crippen LogP contribution in [0.25, 0.3) is 0 Å². The van der Waals surface area contributed by atoms with Crippen LogP contribution >= 0.6 is 0 Å². The number of hydrogen-bond donors (Lipinski definition) is 1. The molecule has 3 aromatic carbocycles. The van der Waals surface area contributed by atoms with E-state index in [2.05, 4.69) is 5.32 Å². The Hall–Kier alpha value is -4.65. The summed E-state index contributed by atoms with van der Waals surface area (Å²) in [4.78, 5) is 40.2. The maximum atomic E-state index is 14.4. The SMILES string of the molecule is CC[C@H](C(=O)NC1CCCCC1)N(Cc1cccc(OC)c1)C(=O)CN(c1ccc(OC)cc1)S(=O)(=O)c1ccc(C)c([N+](=O)[O-])c1. The molecule has 0 unspecified atom stereocenters. The van der Waals surface area contributed by atoms with Crippen molar-refractivity contribution in [2.75, 3.05) is 25.1 Å². The molecule has 13 heteroatoms. The lowest BCUT2D eigenvalue weighted by Gasteiger charge is -2.34. The normalized spacial score (nSPS) is 14.1. The quantitative estimate of drug-likeness (QED) is 0.178. The molecule has 1 saturated carbocycles. The molecule has 4 rings (SSSR count). The van der Waals surface area contributed by atoms with Crippen LogP contribution in [0, 0.1) is 17.0 Å². The van der Waals surface area contributed by atoms with Crippen molar-refractivity contribution in [1.82, 2.24) is 10.2 Å². The number of rotatable bonds is 14. The Balaban J connectivity index is 1.76. The van der Waals surface area contributed by atoms with E-state index in [4.69, 9.17) is 9.47 Å². The number of nitrogens with one attached hydrogen (secondary N) is 1. The van der Waals surface area contributed by atoms with Crippen molar-refractivity contribution < 1.29 is 32.4 Å². The number of nitro groups is 1. The predicted molar refractivity (Wildman–Crippen MR) is 178 cm³/mol. The number of nitro benzene ring substituents is 1. The van der Waals surface area contributed by atoms with Crippen molar-refractivity contribution in [1.29, 1.82) is 0 Å². The summed E-state index contributed by atoms with van der Waals surface area (Å²) in [6.07, 6.45) is 5.15. The summed E-state index contributed by atoms with van der Waals surface area (Å²) in [7, 11) is -1.51. The number of benzene rings is 3. The van der Waals surface area contributed by atoms with E-state index in [1.54, 1.807) is 43.3 Å². The van der Waals surface area contributed by atoms with Crippen molar-refractivity contribution in [3.63, 3.8) is 0 Å². The Morgan fingerprint density at radius 1 is 0.979 bits per heavy atom. The molecule has 1 atom stereocenters. The van der Waals surface area contributed by atoms with Crippen LogP contribution in [-0.4, -0.2) is 62.9 Å². The summed E-state index contributed by atoms with van der Waals surface area (Å²) in [5.74, 6) is 0.106. The van der Waals surface area contributed by atoms with Gasteiger partial charge in [-0.25, -0.2) is 8.42 Å². The Kier molecular flexibility index (Phi) is 11.8. The molecule has 252 valence electrons. The lowest BCUT2D eigenvalue weighted by molar-refractivity contribution is -0.385. The molecule has 3 aromatic rings. The van der Waals surface area contributed by atoms with E-state index in [9.17, 15) is 28.1 Å². The lowest BCUT2D eigenvalue weighted by Crippen LogP contribution is -2.54. The number of carbonyl (C=O) groups is 2. The van der Waals surface area contributed by atoms with Gasteiger partial charge < -0.3 is 19.7 Å². The molecular weight excluding hydrogens is 624 g/mol. The van der Waals surface area contributed by atoms with Gasteiger partial charge in [0.15, 0.2) is 0 Å². The second-order valence-corrected chi connectivity index (χ2v) is 13.4. The molecule has 12 nitrogen and oxygen atoms in total. The fourth-order valence-corrected chi connectivity index (χ4v) is 7.22. The van der Waals surface area contributed by atoms with Crippen LogP contribution in [0.4, 0.5) is 11.4 Å². The average molecular weight is 667 g/mol. The van der Waals surface area contributed by atoms with Crippen molar-refractivity contribution in [3.05, 3.63) is 88.0 Å². The lowest BCUT2D eigenvalue weighted by atomic mass is 9.95. The van der Waals surface area contributed by atoms with Gasteiger partial charge >= 0.3 is 0 Å². The molecule has 2 amide bonds. The number of hydrogen-bond acceptors (Lipinski definition) is 8. The number of carbonyl (C=O) groups excluding carboxylic acids is 2. The van der Waals surface area contributed by atoms with Crippen LogP contribution < -0.4 is 19.1 Å². The number of amides is 2. The van der Waals surface area contributed by atoms with Crippen LogP contribution in [0.1, 0.15) is 56.6 Å². The third-order valence-corrected chi connectivity index (χ3v) is 10.2. The van der Waals surface area contributed by atoms with E-state index in [1.165, 1.54) is 50.3 Å². The van der Waals surface area contributed by atoms with Gasteiger partial charge in [-0.1, -0.05) is 44.4 Å². The smallest absolute Gasteiger partial charge is 0.273 e. The van der Waals surface area contributed by atoms with Gasteiger partial charge in [-0.2, -0.15) is 0 Å².